The molecule has 0 aliphatic heterocycles. The van der Waals surface area contributed by atoms with Crippen molar-refractivity contribution in [3.05, 3.63) is 52.9 Å². The van der Waals surface area contributed by atoms with Crippen LogP contribution >= 0.6 is 0 Å². The van der Waals surface area contributed by atoms with Gasteiger partial charge in [0.25, 0.3) is 0 Å². The van der Waals surface area contributed by atoms with Crippen LogP contribution in [0.15, 0.2) is 34.9 Å². The van der Waals surface area contributed by atoms with E-state index in [2.05, 4.69) is 10.5 Å². The van der Waals surface area contributed by atoms with E-state index in [1.54, 1.807) is 7.11 Å². The lowest BCUT2D eigenvalue weighted by atomic mass is 10.1. The molecule has 1 N–H and O–H groups in total. The SMILES string of the molecule is COC(CNC(=O)CCc1c(C)noc1C)c1ccccc1. The molecular formula is C17H22N2O3. The van der Waals surface area contributed by atoms with Crippen LogP contribution < -0.4 is 5.32 Å². The average Bonchev–Trinajstić information content (AvgIpc) is 2.85. The van der Waals surface area contributed by atoms with Gasteiger partial charge in [0.2, 0.25) is 5.91 Å². The summed E-state index contributed by atoms with van der Waals surface area (Å²) in [5.41, 5.74) is 2.92. The van der Waals surface area contributed by atoms with Crippen LogP contribution in [0.25, 0.3) is 0 Å². The quantitative estimate of drug-likeness (QED) is 0.854. The number of aromatic nitrogens is 1. The highest BCUT2D eigenvalue weighted by Gasteiger charge is 2.14. The zero-order valence-corrected chi connectivity index (χ0v) is 13.3. The maximum absolute atomic E-state index is 12.0. The van der Waals surface area contributed by atoms with Crippen molar-refractivity contribution < 1.29 is 14.1 Å². The highest BCUT2D eigenvalue weighted by Crippen LogP contribution is 2.16. The van der Waals surface area contributed by atoms with Crippen molar-refractivity contribution in [3.63, 3.8) is 0 Å². The summed E-state index contributed by atoms with van der Waals surface area (Å²) >= 11 is 0. The molecule has 0 bridgehead atoms. The van der Waals surface area contributed by atoms with Gasteiger partial charge in [-0.3, -0.25) is 4.79 Å². The van der Waals surface area contributed by atoms with Crippen LogP contribution in [0.2, 0.25) is 0 Å². The van der Waals surface area contributed by atoms with Gasteiger partial charge >= 0.3 is 0 Å². The van der Waals surface area contributed by atoms with Gasteiger partial charge in [-0.2, -0.15) is 0 Å². The third-order valence-corrected chi connectivity index (χ3v) is 3.72. The monoisotopic (exact) mass is 302 g/mol. The lowest BCUT2D eigenvalue weighted by Gasteiger charge is -2.16. The Labute approximate surface area is 130 Å². The summed E-state index contributed by atoms with van der Waals surface area (Å²) in [6, 6.07) is 9.86. The van der Waals surface area contributed by atoms with Crippen LogP contribution in [0.1, 0.15) is 35.1 Å². The molecule has 5 nitrogen and oxygen atoms in total. The van der Waals surface area contributed by atoms with Crippen molar-refractivity contribution >= 4 is 5.91 Å². The van der Waals surface area contributed by atoms with Crippen molar-refractivity contribution in [1.82, 2.24) is 10.5 Å². The third kappa shape index (κ3) is 4.18. The van der Waals surface area contributed by atoms with Gasteiger partial charge in [0.15, 0.2) is 0 Å². The minimum absolute atomic E-state index is 0.00187. The number of carbonyl (C=O) groups is 1. The van der Waals surface area contributed by atoms with E-state index in [4.69, 9.17) is 9.26 Å². The average molecular weight is 302 g/mol. The third-order valence-electron chi connectivity index (χ3n) is 3.72. The van der Waals surface area contributed by atoms with Gasteiger partial charge in [-0.15, -0.1) is 0 Å². The number of rotatable bonds is 7. The predicted molar refractivity (Wildman–Crippen MR) is 83.5 cm³/mol. The lowest BCUT2D eigenvalue weighted by Crippen LogP contribution is -2.29. The van der Waals surface area contributed by atoms with E-state index < -0.39 is 0 Å². The fraction of sp³-hybridized carbons (Fsp3) is 0.412. The molecule has 1 atom stereocenters. The standard InChI is InChI=1S/C17H22N2O3/c1-12-15(13(2)22-19-12)9-10-17(20)18-11-16(21-3)14-7-5-4-6-8-14/h4-8,16H,9-11H2,1-3H3,(H,18,20). The molecule has 0 spiro atoms. The predicted octanol–water partition coefficient (Wildman–Crippen LogP) is 2.73. The number of hydrogen-bond acceptors (Lipinski definition) is 4. The molecule has 1 heterocycles. The smallest absolute Gasteiger partial charge is 0.220 e. The van der Waals surface area contributed by atoms with Crippen LogP contribution in [-0.2, 0) is 16.0 Å². The number of methoxy groups -OCH3 is 1. The maximum atomic E-state index is 12.0. The number of hydrogen-bond donors (Lipinski definition) is 1. The molecule has 0 saturated heterocycles. The Kier molecular flexibility index (Phi) is 5.72. The van der Waals surface area contributed by atoms with Crippen LogP contribution in [0.5, 0.6) is 0 Å². The van der Waals surface area contributed by atoms with Gasteiger partial charge in [0, 0.05) is 25.6 Å². The second kappa shape index (κ2) is 7.75. The Morgan fingerprint density at radius 3 is 2.64 bits per heavy atom. The van der Waals surface area contributed by atoms with Crippen molar-refractivity contribution in [2.75, 3.05) is 13.7 Å². The first-order valence-corrected chi connectivity index (χ1v) is 7.38. The van der Waals surface area contributed by atoms with E-state index in [0.717, 1.165) is 22.6 Å². The zero-order valence-electron chi connectivity index (χ0n) is 13.3. The Hall–Kier alpha value is -2.14. The first-order chi connectivity index (χ1) is 10.6. The summed E-state index contributed by atoms with van der Waals surface area (Å²) in [6.45, 7) is 4.21. The minimum atomic E-state index is -0.135. The number of nitrogens with zero attached hydrogens (tertiary/aromatic N) is 1. The molecule has 1 amide bonds. The number of ether oxygens (including phenoxy) is 1. The molecule has 2 rings (SSSR count). The molecule has 0 saturated carbocycles. The topological polar surface area (TPSA) is 64.4 Å². The molecule has 1 unspecified atom stereocenters. The van der Waals surface area contributed by atoms with Crippen molar-refractivity contribution in [1.29, 1.82) is 0 Å². The Morgan fingerprint density at radius 1 is 1.32 bits per heavy atom. The van der Waals surface area contributed by atoms with Gasteiger partial charge in [-0.25, -0.2) is 0 Å². The Balaban J connectivity index is 1.82. The van der Waals surface area contributed by atoms with Crippen LogP contribution in [0.3, 0.4) is 0 Å². The number of nitrogens with one attached hydrogen (secondary N) is 1. The molecule has 0 aliphatic rings. The van der Waals surface area contributed by atoms with E-state index in [1.165, 1.54) is 0 Å². The number of benzene rings is 1. The molecule has 5 heteroatoms. The lowest BCUT2D eigenvalue weighted by molar-refractivity contribution is -0.121. The molecular weight excluding hydrogens is 280 g/mol. The molecule has 1 aromatic carbocycles. The first kappa shape index (κ1) is 16.2. The normalized spacial score (nSPS) is 12.1. The molecule has 0 aliphatic carbocycles. The van der Waals surface area contributed by atoms with E-state index in [-0.39, 0.29) is 12.0 Å². The summed E-state index contributed by atoms with van der Waals surface area (Å²) in [5.74, 6) is 0.780. The largest absolute Gasteiger partial charge is 0.375 e. The van der Waals surface area contributed by atoms with Gasteiger partial charge in [-0.05, 0) is 25.8 Å². The van der Waals surface area contributed by atoms with Crippen molar-refractivity contribution in [2.45, 2.75) is 32.8 Å². The van der Waals surface area contributed by atoms with Crippen LogP contribution in [0, 0.1) is 13.8 Å². The number of carbonyl (C=O) groups excluding carboxylic acids is 1. The molecule has 118 valence electrons. The fourth-order valence-electron chi connectivity index (χ4n) is 2.40. The second-order valence-electron chi connectivity index (χ2n) is 5.24. The van der Waals surface area contributed by atoms with E-state index in [9.17, 15) is 4.79 Å². The molecule has 0 radical (unpaired) electrons. The molecule has 2 aromatic rings. The summed E-state index contributed by atoms with van der Waals surface area (Å²) < 4.78 is 10.5. The zero-order chi connectivity index (χ0) is 15.9. The summed E-state index contributed by atoms with van der Waals surface area (Å²) in [6.07, 6.45) is 0.911. The van der Waals surface area contributed by atoms with Crippen molar-refractivity contribution in [3.8, 4) is 0 Å². The Morgan fingerprint density at radius 2 is 2.05 bits per heavy atom. The van der Waals surface area contributed by atoms with Gasteiger partial charge in [-0.1, -0.05) is 35.5 Å². The maximum Gasteiger partial charge on any atom is 0.220 e. The molecule has 0 fully saturated rings. The van der Waals surface area contributed by atoms with Crippen LogP contribution in [0.4, 0.5) is 0 Å². The first-order valence-electron chi connectivity index (χ1n) is 7.38. The van der Waals surface area contributed by atoms with Gasteiger partial charge in [0.05, 0.1) is 11.8 Å². The second-order valence-corrected chi connectivity index (χ2v) is 5.24. The summed E-state index contributed by atoms with van der Waals surface area (Å²) in [7, 11) is 1.65. The summed E-state index contributed by atoms with van der Waals surface area (Å²) in [4.78, 5) is 12.0. The fourth-order valence-corrected chi connectivity index (χ4v) is 2.40. The van der Waals surface area contributed by atoms with Crippen molar-refractivity contribution in [2.24, 2.45) is 0 Å². The number of amides is 1. The number of aryl methyl sites for hydroxylation is 2. The highest BCUT2D eigenvalue weighted by atomic mass is 16.5. The van der Waals surface area contributed by atoms with Crippen LogP contribution in [-0.4, -0.2) is 24.7 Å². The van der Waals surface area contributed by atoms with E-state index in [0.29, 0.717) is 19.4 Å². The van der Waals surface area contributed by atoms with E-state index >= 15 is 0 Å². The van der Waals surface area contributed by atoms with Gasteiger partial charge in [0.1, 0.15) is 5.76 Å². The highest BCUT2D eigenvalue weighted by molar-refractivity contribution is 5.76. The summed E-state index contributed by atoms with van der Waals surface area (Å²) in [5, 5.41) is 6.81. The minimum Gasteiger partial charge on any atom is -0.375 e. The Bertz CT molecular complexity index is 588. The molecule has 22 heavy (non-hydrogen) atoms. The van der Waals surface area contributed by atoms with Gasteiger partial charge < -0.3 is 14.6 Å². The van der Waals surface area contributed by atoms with E-state index in [1.807, 2.05) is 44.2 Å². The molecule has 1 aromatic heterocycles.